The number of hydrogen-bond donors (Lipinski definition) is 1. The van der Waals surface area contributed by atoms with Gasteiger partial charge in [0.15, 0.2) is 5.78 Å². The number of ether oxygens (including phenoxy) is 1. The van der Waals surface area contributed by atoms with Crippen LogP contribution in [0.3, 0.4) is 0 Å². The predicted octanol–water partition coefficient (Wildman–Crippen LogP) is 3.46. The molecule has 2 aromatic carbocycles. The van der Waals surface area contributed by atoms with Crippen molar-refractivity contribution >= 4 is 11.5 Å². The molecule has 0 amide bonds. The number of methoxy groups -OCH3 is 1. The van der Waals surface area contributed by atoms with Gasteiger partial charge in [0, 0.05) is 11.3 Å². The molecule has 3 nitrogen and oxygen atoms in total. The minimum atomic E-state index is -0.108. The number of hydrogen-bond acceptors (Lipinski definition) is 3. The molecule has 0 heterocycles. The third-order valence-corrected chi connectivity index (χ3v) is 3.26. The summed E-state index contributed by atoms with van der Waals surface area (Å²) in [5.74, 6) is 0.399. The normalized spacial score (nSPS) is 10.3. The van der Waals surface area contributed by atoms with Crippen LogP contribution in [-0.4, -0.2) is 12.9 Å². The molecule has 20 heavy (non-hydrogen) atoms. The van der Waals surface area contributed by atoms with Crippen LogP contribution in [-0.2, 0) is 6.42 Å². The van der Waals surface area contributed by atoms with Crippen LogP contribution in [0.5, 0.6) is 5.75 Å². The number of ketones is 1. The second kappa shape index (κ2) is 6.24. The zero-order valence-electron chi connectivity index (χ0n) is 11.8. The number of nitrogen functional groups attached to an aromatic ring is 1. The van der Waals surface area contributed by atoms with Gasteiger partial charge in [-0.25, -0.2) is 0 Å². The number of carbonyl (C=O) groups is 1. The molecule has 104 valence electrons. The highest BCUT2D eigenvalue weighted by Crippen LogP contribution is 2.27. The fourth-order valence-corrected chi connectivity index (χ4v) is 2.22. The summed E-state index contributed by atoms with van der Waals surface area (Å²) in [5, 5.41) is 0. The molecule has 0 aliphatic rings. The summed E-state index contributed by atoms with van der Waals surface area (Å²) in [6, 6.07) is 12.9. The lowest BCUT2D eigenvalue weighted by Crippen LogP contribution is -2.07. The number of benzene rings is 2. The fourth-order valence-electron chi connectivity index (χ4n) is 2.22. The lowest BCUT2D eigenvalue weighted by atomic mass is 9.99. The summed E-state index contributed by atoms with van der Waals surface area (Å²) in [5.41, 5.74) is 8.64. The Balaban J connectivity index is 2.36. The summed E-state index contributed by atoms with van der Waals surface area (Å²) in [6.45, 7) is 2.13. The highest BCUT2D eigenvalue weighted by molar-refractivity contribution is 6.13. The second-order valence-electron chi connectivity index (χ2n) is 4.70. The van der Waals surface area contributed by atoms with Crippen LogP contribution in [0.25, 0.3) is 0 Å². The zero-order chi connectivity index (χ0) is 14.5. The van der Waals surface area contributed by atoms with E-state index in [9.17, 15) is 4.79 Å². The molecule has 0 atom stereocenters. The maximum Gasteiger partial charge on any atom is 0.198 e. The van der Waals surface area contributed by atoms with E-state index in [0.29, 0.717) is 22.6 Å². The molecular weight excluding hydrogens is 250 g/mol. The Hall–Kier alpha value is -2.29. The first-order valence-corrected chi connectivity index (χ1v) is 6.73. The van der Waals surface area contributed by atoms with Crippen molar-refractivity contribution in [3.8, 4) is 5.75 Å². The van der Waals surface area contributed by atoms with Crippen LogP contribution < -0.4 is 10.5 Å². The van der Waals surface area contributed by atoms with Crippen molar-refractivity contribution in [2.45, 2.75) is 19.8 Å². The molecule has 0 aromatic heterocycles. The van der Waals surface area contributed by atoms with E-state index < -0.39 is 0 Å². The SMILES string of the molecule is CCCc1ccc(C(=O)c2c(N)cccc2OC)cc1. The van der Waals surface area contributed by atoms with E-state index >= 15 is 0 Å². The summed E-state index contributed by atoms with van der Waals surface area (Å²) in [6.07, 6.45) is 2.11. The van der Waals surface area contributed by atoms with Gasteiger partial charge in [-0.15, -0.1) is 0 Å². The van der Waals surface area contributed by atoms with Crippen molar-refractivity contribution in [3.63, 3.8) is 0 Å². The maximum absolute atomic E-state index is 12.6. The highest BCUT2D eigenvalue weighted by atomic mass is 16.5. The van der Waals surface area contributed by atoms with Gasteiger partial charge in [-0.05, 0) is 24.1 Å². The Labute approximate surface area is 119 Å². The monoisotopic (exact) mass is 269 g/mol. The summed E-state index contributed by atoms with van der Waals surface area (Å²) < 4.78 is 5.23. The third kappa shape index (κ3) is 2.82. The Morgan fingerprint density at radius 3 is 2.45 bits per heavy atom. The van der Waals surface area contributed by atoms with Crippen LogP contribution in [0, 0.1) is 0 Å². The van der Waals surface area contributed by atoms with Gasteiger partial charge in [0.2, 0.25) is 0 Å². The lowest BCUT2D eigenvalue weighted by Gasteiger charge is -2.10. The number of anilines is 1. The number of rotatable bonds is 5. The molecule has 0 aliphatic carbocycles. The van der Waals surface area contributed by atoms with Gasteiger partial charge in [-0.3, -0.25) is 4.79 Å². The quantitative estimate of drug-likeness (QED) is 0.668. The number of aryl methyl sites for hydroxylation is 1. The van der Waals surface area contributed by atoms with Crippen molar-refractivity contribution in [1.82, 2.24) is 0 Å². The van der Waals surface area contributed by atoms with Crippen LogP contribution in [0.4, 0.5) is 5.69 Å². The van der Waals surface area contributed by atoms with Gasteiger partial charge in [-0.2, -0.15) is 0 Å². The van der Waals surface area contributed by atoms with E-state index in [4.69, 9.17) is 10.5 Å². The first kappa shape index (κ1) is 14.1. The highest BCUT2D eigenvalue weighted by Gasteiger charge is 2.17. The van der Waals surface area contributed by atoms with E-state index in [1.54, 1.807) is 18.2 Å². The van der Waals surface area contributed by atoms with Crippen LogP contribution in [0.2, 0.25) is 0 Å². The van der Waals surface area contributed by atoms with Crippen LogP contribution >= 0.6 is 0 Å². The Morgan fingerprint density at radius 1 is 1.15 bits per heavy atom. The number of nitrogens with two attached hydrogens (primary N) is 1. The van der Waals surface area contributed by atoms with Gasteiger partial charge in [-0.1, -0.05) is 43.7 Å². The maximum atomic E-state index is 12.6. The number of carbonyl (C=O) groups excluding carboxylic acids is 1. The van der Waals surface area contributed by atoms with E-state index in [1.165, 1.54) is 12.7 Å². The predicted molar refractivity (Wildman–Crippen MR) is 81.3 cm³/mol. The summed E-state index contributed by atoms with van der Waals surface area (Å²) in [4.78, 5) is 12.6. The van der Waals surface area contributed by atoms with Crippen LogP contribution in [0.1, 0.15) is 34.8 Å². The van der Waals surface area contributed by atoms with Gasteiger partial charge in [0.1, 0.15) is 5.75 Å². The van der Waals surface area contributed by atoms with Crippen molar-refractivity contribution in [3.05, 3.63) is 59.2 Å². The van der Waals surface area contributed by atoms with E-state index in [0.717, 1.165) is 12.8 Å². The van der Waals surface area contributed by atoms with Crippen LogP contribution in [0.15, 0.2) is 42.5 Å². The Bertz CT molecular complexity index is 603. The summed E-state index contributed by atoms with van der Waals surface area (Å²) >= 11 is 0. The van der Waals surface area contributed by atoms with Crippen molar-refractivity contribution in [2.75, 3.05) is 12.8 Å². The van der Waals surface area contributed by atoms with Crippen molar-refractivity contribution < 1.29 is 9.53 Å². The minimum Gasteiger partial charge on any atom is -0.496 e. The molecular formula is C17H19NO2. The molecule has 2 aromatic rings. The third-order valence-electron chi connectivity index (χ3n) is 3.26. The molecule has 0 fully saturated rings. The van der Waals surface area contributed by atoms with E-state index in [1.807, 2.05) is 24.3 Å². The Kier molecular flexibility index (Phi) is 4.41. The van der Waals surface area contributed by atoms with Gasteiger partial charge in [0.25, 0.3) is 0 Å². The largest absolute Gasteiger partial charge is 0.496 e. The average Bonchev–Trinajstić information content (AvgIpc) is 2.47. The minimum absolute atomic E-state index is 0.108. The topological polar surface area (TPSA) is 52.3 Å². The standard InChI is InChI=1S/C17H19NO2/c1-3-5-12-8-10-13(11-9-12)17(19)16-14(18)6-4-7-15(16)20-2/h4,6-11H,3,5,18H2,1-2H3. The lowest BCUT2D eigenvalue weighted by molar-refractivity contribution is 0.103. The first-order valence-electron chi connectivity index (χ1n) is 6.73. The first-order chi connectivity index (χ1) is 9.67. The molecule has 0 unspecified atom stereocenters. The zero-order valence-corrected chi connectivity index (χ0v) is 11.8. The molecule has 2 rings (SSSR count). The average molecular weight is 269 g/mol. The molecule has 0 bridgehead atoms. The molecule has 0 saturated heterocycles. The molecule has 0 radical (unpaired) electrons. The van der Waals surface area contributed by atoms with Crippen molar-refractivity contribution in [1.29, 1.82) is 0 Å². The van der Waals surface area contributed by atoms with Crippen molar-refractivity contribution in [2.24, 2.45) is 0 Å². The van der Waals surface area contributed by atoms with Gasteiger partial charge < -0.3 is 10.5 Å². The van der Waals surface area contributed by atoms with E-state index in [2.05, 4.69) is 6.92 Å². The second-order valence-corrected chi connectivity index (χ2v) is 4.70. The smallest absolute Gasteiger partial charge is 0.198 e. The summed E-state index contributed by atoms with van der Waals surface area (Å²) in [7, 11) is 1.54. The van der Waals surface area contributed by atoms with Gasteiger partial charge in [0.05, 0.1) is 12.7 Å². The molecule has 0 aliphatic heterocycles. The fraction of sp³-hybridized carbons (Fsp3) is 0.235. The molecule has 3 heteroatoms. The Morgan fingerprint density at radius 2 is 1.85 bits per heavy atom. The molecule has 0 saturated carbocycles. The van der Waals surface area contributed by atoms with Gasteiger partial charge >= 0.3 is 0 Å². The molecule has 2 N–H and O–H groups in total. The van der Waals surface area contributed by atoms with E-state index in [-0.39, 0.29) is 5.78 Å². The molecule has 0 spiro atoms.